The number of hydrogen-bond acceptors (Lipinski definition) is 10. The average molecular weight is 731 g/mol. The van der Waals surface area contributed by atoms with E-state index < -0.39 is 38.0 Å². The summed E-state index contributed by atoms with van der Waals surface area (Å²) in [6, 6.07) is 16.5. The third-order valence-electron chi connectivity index (χ3n) is 4.51. The van der Waals surface area contributed by atoms with Gasteiger partial charge >= 0.3 is 31.4 Å². The zero-order valence-electron chi connectivity index (χ0n) is 21.2. The molecule has 4 aromatic rings. The number of carbonyl (C=O) groups is 2. The molecule has 0 bridgehead atoms. The van der Waals surface area contributed by atoms with Crippen molar-refractivity contribution in [2.24, 2.45) is 0 Å². The van der Waals surface area contributed by atoms with Gasteiger partial charge in [-0.1, -0.05) is 24.3 Å². The summed E-state index contributed by atoms with van der Waals surface area (Å²) in [5, 5.41) is 17.6. The number of nitrogens with zero attached hydrogens (tertiary/aromatic N) is 4. The monoisotopic (exact) mass is 732 g/mol. The van der Waals surface area contributed by atoms with E-state index in [1.807, 2.05) is 0 Å². The minimum Gasteiger partial charge on any atom is -0.774 e. The van der Waals surface area contributed by atoms with Crippen LogP contribution in [0.25, 0.3) is 22.8 Å². The minimum absolute atomic E-state index is 0. The fraction of sp³-hybridized carbons (Fsp3) is 0. The summed E-state index contributed by atoms with van der Waals surface area (Å²) in [5.74, 6) is -2.40. The molecular weight excluding hydrogens is 707 g/mol. The molecule has 0 aliphatic heterocycles. The van der Waals surface area contributed by atoms with E-state index in [4.69, 9.17) is 20.0 Å². The molecule has 4 rings (SSSR count). The second-order valence-electron chi connectivity index (χ2n) is 7.23. The molecule has 0 aliphatic carbocycles. The molecule has 0 spiro atoms. The number of carboxylic acid groups (broad SMARTS) is 2. The molecule has 4 aromatic heterocycles. The molecule has 2 atom stereocenters. The quantitative estimate of drug-likeness (QED) is 0.112. The van der Waals surface area contributed by atoms with Crippen LogP contribution in [-0.4, -0.2) is 73.8 Å². The van der Waals surface area contributed by atoms with Gasteiger partial charge < -0.3 is 60.8 Å². The normalized spacial score (nSPS) is 12.2. The van der Waals surface area contributed by atoms with Gasteiger partial charge in [-0.25, -0.2) is 29.5 Å². The van der Waals surface area contributed by atoms with Crippen molar-refractivity contribution in [3.05, 3.63) is 84.2 Å². The van der Waals surface area contributed by atoms with E-state index in [-0.39, 0.29) is 75.5 Å². The molecule has 12 N–H and O–H groups in total. The van der Waals surface area contributed by atoms with E-state index in [0.717, 1.165) is 12.1 Å². The Kier molecular flexibility index (Phi) is 18.4. The number of aromatic carboxylic acids is 2. The van der Waals surface area contributed by atoms with E-state index in [0.29, 0.717) is 0 Å². The molecule has 0 aromatic carbocycles. The summed E-state index contributed by atoms with van der Waals surface area (Å²) in [4.78, 5) is 76.6. The molecular formula is C22H24N4O14P2Ru. The summed E-state index contributed by atoms with van der Waals surface area (Å²) in [6.07, 6.45) is 0. The van der Waals surface area contributed by atoms with Crippen molar-refractivity contribution in [3.63, 3.8) is 0 Å². The zero-order chi connectivity index (χ0) is 28.1. The van der Waals surface area contributed by atoms with Gasteiger partial charge in [0.2, 0.25) is 0 Å². The first-order chi connectivity index (χ1) is 17.8. The maximum Gasteiger partial charge on any atom is 2.00 e. The number of aromatic nitrogens is 4. The zero-order valence-corrected chi connectivity index (χ0v) is 24.7. The molecule has 0 saturated carbocycles. The Morgan fingerprint density at radius 2 is 0.791 bits per heavy atom. The smallest absolute Gasteiger partial charge is 0.774 e. The summed E-state index contributed by atoms with van der Waals surface area (Å²) < 4.78 is 22.0. The Labute approximate surface area is 254 Å². The van der Waals surface area contributed by atoms with Crippen LogP contribution in [0.3, 0.4) is 0 Å². The summed E-state index contributed by atoms with van der Waals surface area (Å²) in [7, 11) is -9.40. The summed E-state index contributed by atoms with van der Waals surface area (Å²) >= 11 is 0. The van der Waals surface area contributed by atoms with Crippen LogP contribution in [0.4, 0.5) is 0 Å². The molecule has 0 radical (unpaired) electrons. The first-order valence-electron chi connectivity index (χ1n) is 10.2. The van der Waals surface area contributed by atoms with Crippen LogP contribution in [0.15, 0.2) is 72.8 Å². The molecule has 21 heteroatoms. The van der Waals surface area contributed by atoms with Crippen molar-refractivity contribution in [1.29, 1.82) is 0 Å². The van der Waals surface area contributed by atoms with E-state index in [1.165, 1.54) is 60.7 Å². The topological polar surface area (TPSA) is 373 Å². The predicted octanol–water partition coefficient (Wildman–Crippen LogP) is -3.28. The number of carboxylic acids is 2. The van der Waals surface area contributed by atoms with Gasteiger partial charge in [-0.15, -0.1) is 0 Å². The molecule has 234 valence electrons. The molecule has 0 aliphatic rings. The number of pyridine rings is 4. The number of rotatable bonds is 6. The van der Waals surface area contributed by atoms with E-state index >= 15 is 0 Å². The van der Waals surface area contributed by atoms with E-state index in [2.05, 4.69) is 19.9 Å². The molecule has 0 saturated heterocycles. The van der Waals surface area contributed by atoms with Crippen LogP contribution in [-0.2, 0) is 28.6 Å². The van der Waals surface area contributed by atoms with Crippen LogP contribution in [0.1, 0.15) is 21.0 Å². The average Bonchev–Trinajstić information content (AvgIpc) is 2.88. The summed E-state index contributed by atoms with van der Waals surface area (Å²) in [5.41, 5.74) is -0.625. The second-order valence-corrected chi connectivity index (χ2v) is 10.2. The Morgan fingerprint density at radius 1 is 0.535 bits per heavy atom. The van der Waals surface area contributed by atoms with Crippen LogP contribution < -0.4 is 20.7 Å². The molecule has 4 heterocycles. The maximum absolute atomic E-state index is 11.0. The van der Waals surface area contributed by atoms with Gasteiger partial charge in [0.25, 0.3) is 0 Å². The fourth-order valence-electron chi connectivity index (χ4n) is 2.84. The van der Waals surface area contributed by atoms with Crippen LogP contribution >= 0.6 is 15.2 Å². The summed E-state index contributed by atoms with van der Waals surface area (Å²) in [6.45, 7) is 0. The molecule has 0 amide bonds. The second kappa shape index (κ2) is 18.1. The Morgan fingerprint density at radius 3 is 1.05 bits per heavy atom. The molecule has 18 nitrogen and oxygen atoms in total. The van der Waals surface area contributed by atoms with Gasteiger partial charge in [0.05, 0.1) is 22.8 Å². The molecule has 43 heavy (non-hydrogen) atoms. The fourth-order valence-corrected chi connectivity index (χ4v) is 3.86. The van der Waals surface area contributed by atoms with Crippen LogP contribution in [0.2, 0.25) is 0 Å². The van der Waals surface area contributed by atoms with Crippen molar-refractivity contribution >= 4 is 38.0 Å². The predicted molar refractivity (Wildman–Crippen MR) is 142 cm³/mol. The van der Waals surface area contributed by atoms with Crippen molar-refractivity contribution in [1.82, 2.24) is 19.9 Å². The van der Waals surface area contributed by atoms with E-state index in [1.54, 1.807) is 0 Å². The maximum atomic E-state index is 11.0. The first kappa shape index (κ1) is 43.8. The first-order valence-corrected chi connectivity index (χ1v) is 13.4. The van der Waals surface area contributed by atoms with Crippen molar-refractivity contribution in [2.45, 2.75) is 0 Å². The van der Waals surface area contributed by atoms with E-state index in [9.17, 15) is 28.5 Å². The minimum atomic E-state index is -4.70. The Hall–Kier alpha value is -3.70. The van der Waals surface area contributed by atoms with Gasteiger partial charge in [-0.3, -0.25) is 0 Å². The van der Waals surface area contributed by atoms with Gasteiger partial charge in [-0.2, -0.15) is 0 Å². The standard InChI is InChI=1S/2C11H9N2O5P.4H2O.Ru/c2*14-11(15)9-5-1-3-7(12-9)8-4-2-6-10(13-8)19(16,17)18;;;;;/h2*1-6H,(H,14,15)(H2,16,17,18);4*1H2;/q;;;;;;+2/p-2. The SMILES string of the molecule is O.O.O.O.O=C(O)c1cccc(-c2cccc(P(=O)([O-])O)n2)n1.O=C(O)c1cccc(-c2cccc(P(=O)([O-])O)n2)n1.[Ru+2]. The Balaban J connectivity index is -0.000000667. The van der Waals surface area contributed by atoms with Crippen LogP contribution in [0, 0.1) is 0 Å². The number of hydrogen-bond donors (Lipinski definition) is 4. The van der Waals surface area contributed by atoms with Crippen LogP contribution in [0.5, 0.6) is 0 Å². The third-order valence-corrected chi connectivity index (χ3v) is 6.17. The van der Waals surface area contributed by atoms with Gasteiger partial charge in [0.15, 0.2) is 15.2 Å². The molecule has 0 fully saturated rings. The third kappa shape index (κ3) is 12.2. The van der Waals surface area contributed by atoms with Gasteiger partial charge in [-0.05, 0) is 48.5 Å². The van der Waals surface area contributed by atoms with Crippen molar-refractivity contribution in [3.8, 4) is 22.8 Å². The molecule has 2 unspecified atom stereocenters. The van der Waals surface area contributed by atoms with Gasteiger partial charge in [0, 0.05) is 0 Å². The largest absolute Gasteiger partial charge is 2.00 e. The van der Waals surface area contributed by atoms with Crippen molar-refractivity contribution in [2.75, 3.05) is 0 Å². The Bertz CT molecular complexity index is 1500. The van der Waals surface area contributed by atoms with Gasteiger partial charge in [0.1, 0.15) is 22.3 Å². The van der Waals surface area contributed by atoms with Crippen molar-refractivity contribution < 1.29 is 89.9 Å².